The van der Waals surface area contributed by atoms with Crippen molar-refractivity contribution >= 4 is 13.7 Å². The van der Waals surface area contributed by atoms with E-state index in [1.165, 1.54) is 0 Å². The third-order valence-corrected chi connectivity index (χ3v) is 10.6. The number of aliphatic hydroxyl groups excluding tert-OH is 1. The summed E-state index contributed by atoms with van der Waals surface area (Å²) in [7, 11) is 1.51. The van der Waals surface area contributed by atoms with Crippen molar-refractivity contribution in [2.45, 2.75) is 161 Å². The van der Waals surface area contributed by atoms with Gasteiger partial charge in [0.05, 0.1) is 39.9 Å². The number of carbonyl (C=O) groups excluding carboxylic acids is 1. The lowest BCUT2D eigenvalue weighted by molar-refractivity contribution is -0.870. The van der Waals surface area contributed by atoms with Gasteiger partial charge in [-0.25, -0.2) is 4.57 Å². The summed E-state index contributed by atoms with van der Waals surface area (Å²) in [6, 6.07) is -0.886. The third kappa shape index (κ3) is 46.4. The first-order chi connectivity index (χ1) is 30.5. The molecule has 0 aromatic heterocycles. The Balaban J connectivity index is 4.27. The van der Waals surface area contributed by atoms with Crippen molar-refractivity contribution in [3.8, 4) is 0 Å². The molecule has 3 atom stereocenters. The van der Waals surface area contributed by atoms with Gasteiger partial charge < -0.3 is 19.8 Å². The standard InChI is InChI=1S/C54H89N2O6P/c1-6-8-10-12-14-16-18-19-20-21-22-23-24-25-26-27-28-29-30-31-32-33-34-35-36-37-38-40-42-44-46-48-54(58)55-52(51-62-63(59,60)61-50-49-56(3,4)5)53(57)47-45-43-41-39-17-15-13-11-9-7-2/h8-11,14,16-17,19-20,22-23,25-26,28-29,31-32,34-35,39,45,47,52-53,57H,6-7,12-13,15,18,21,24,27,30,33,36-38,40-44,46,48-51H2,1-5H3,(H-,55,58,59,60)/p+1/b10-8-,11-9+,16-14-,20-19-,23-22-,26-25-,29-28-,32-31-,35-34-,39-17+,47-45+. The molecule has 0 heterocycles. The summed E-state index contributed by atoms with van der Waals surface area (Å²) in [4.78, 5) is 23.1. The number of quaternary nitrogens is 1. The van der Waals surface area contributed by atoms with E-state index in [9.17, 15) is 19.4 Å². The number of carbonyl (C=O) groups is 1. The minimum absolute atomic E-state index is 0.0420. The zero-order valence-electron chi connectivity index (χ0n) is 40.2. The van der Waals surface area contributed by atoms with E-state index in [-0.39, 0.29) is 19.1 Å². The molecule has 0 saturated carbocycles. The monoisotopic (exact) mass is 894 g/mol. The molecular weight excluding hydrogens is 804 g/mol. The summed E-state index contributed by atoms with van der Waals surface area (Å²) in [6.07, 6.45) is 66.9. The van der Waals surface area contributed by atoms with Gasteiger partial charge in [0.15, 0.2) is 0 Å². The van der Waals surface area contributed by atoms with Gasteiger partial charge in [0.25, 0.3) is 0 Å². The zero-order valence-corrected chi connectivity index (χ0v) is 41.1. The van der Waals surface area contributed by atoms with Gasteiger partial charge in [-0.05, 0) is 103 Å². The van der Waals surface area contributed by atoms with E-state index in [0.717, 1.165) is 128 Å². The smallest absolute Gasteiger partial charge is 0.387 e. The van der Waals surface area contributed by atoms with Gasteiger partial charge in [-0.1, -0.05) is 173 Å². The van der Waals surface area contributed by atoms with Gasteiger partial charge in [0.1, 0.15) is 13.2 Å². The molecule has 356 valence electrons. The Kier molecular flexibility index (Phi) is 41.5. The summed E-state index contributed by atoms with van der Waals surface area (Å²) in [5.74, 6) is -0.216. The lowest BCUT2D eigenvalue weighted by atomic mass is 10.1. The number of allylic oxidation sites excluding steroid dienone is 21. The van der Waals surface area contributed by atoms with Gasteiger partial charge in [0.2, 0.25) is 5.91 Å². The van der Waals surface area contributed by atoms with Crippen LogP contribution in [0.5, 0.6) is 0 Å². The number of likely N-dealkylation sites (N-methyl/N-ethyl adjacent to an activating group) is 1. The van der Waals surface area contributed by atoms with E-state index >= 15 is 0 Å². The molecule has 0 saturated heterocycles. The lowest BCUT2D eigenvalue weighted by Gasteiger charge is -2.25. The summed E-state index contributed by atoms with van der Waals surface area (Å²) >= 11 is 0. The molecule has 1 amide bonds. The van der Waals surface area contributed by atoms with E-state index in [2.05, 4.69) is 141 Å². The number of aliphatic hydroxyl groups is 1. The summed E-state index contributed by atoms with van der Waals surface area (Å²) in [6.45, 7) is 4.49. The van der Waals surface area contributed by atoms with Crippen LogP contribution in [0.15, 0.2) is 134 Å². The fraction of sp³-hybridized carbons (Fsp3) is 0.574. The molecule has 8 nitrogen and oxygen atoms in total. The molecule has 0 bridgehead atoms. The van der Waals surface area contributed by atoms with E-state index in [1.807, 2.05) is 27.2 Å². The van der Waals surface area contributed by atoms with Crippen LogP contribution in [-0.4, -0.2) is 73.4 Å². The average molecular weight is 894 g/mol. The van der Waals surface area contributed by atoms with Crippen molar-refractivity contribution < 1.29 is 32.9 Å². The highest BCUT2D eigenvalue weighted by Gasteiger charge is 2.27. The summed E-state index contributed by atoms with van der Waals surface area (Å²) < 4.78 is 23.5. The molecule has 0 aromatic carbocycles. The van der Waals surface area contributed by atoms with Crippen LogP contribution in [0.3, 0.4) is 0 Å². The molecular formula is C54H90N2O6P+. The minimum atomic E-state index is -4.36. The molecule has 63 heavy (non-hydrogen) atoms. The van der Waals surface area contributed by atoms with E-state index in [0.29, 0.717) is 17.4 Å². The van der Waals surface area contributed by atoms with Gasteiger partial charge in [-0.2, -0.15) is 0 Å². The molecule has 0 aliphatic carbocycles. The first-order valence-corrected chi connectivity index (χ1v) is 25.6. The summed E-state index contributed by atoms with van der Waals surface area (Å²) in [5, 5.41) is 13.7. The molecule has 3 unspecified atom stereocenters. The fourth-order valence-electron chi connectivity index (χ4n) is 5.86. The van der Waals surface area contributed by atoms with Crippen LogP contribution in [0.25, 0.3) is 0 Å². The van der Waals surface area contributed by atoms with Gasteiger partial charge in [-0.15, -0.1) is 0 Å². The number of nitrogens with one attached hydrogen (secondary N) is 1. The first kappa shape index (κ1) is 59.6. The Hall–Kier alpha value is -3.36. The second-order valence-corrected chi connectivity index (χ2v) is 18.2. The molecule has 0 fully saturated rings. The van der Waals surface area contributed by atoms with Crippen molar-refractivity contribution in [3.05, 3.63) is 134 Å². The first-order valence-electron chi connectivity index (χ1n) is 24.1. The highest BCUT2D eigenvalue weighted by Crippen LogP contribution is 2.43. The number of hydrogen-bond donors (Lipinski definition) is 3. The van der Waals surface area contributed by atoms with Gasteiger partial charge in [-0.3, -0.25) is 13.8 Å². The Morgan fingerprint density at radius 2 is 0.921 bits per heavy atom. The van der Waals surface area contributed by atoms with E-state index in [4.69, 9.17) is 9.05 Å². The van der Waals surface area contributed by atoms with E-state index < -0.39 is 20.0 Å². The Morgan fingerprint density at radius 1 is 0.540 bits per heavy atom. The van der Waals surface area contributed by atoms with E-state index in [1.54, 1.807) is 6.08 Å². The van der Waals surface area contributed by atoms with Crippen molar-refractivity contribution in [1.82, 2.24) is 5.32 Å². The molecule has 0 aliphatic rings. The van der Waals surface area contributed by atoms with Crippen LogP contribution in [0.2, 0.25) is 0 Å². The van der Waals surface area contributed by atoms with Crippen LogP contribution < -0.4 is 5.32 Å². The number of phosphoric ester groups is 1. The maximum atomic E-state index is 12.9. The number of hydrogen-bond acceptors (Lipinski definition) is 5. The van der Waals surface area contributed by atoms with Gasteiger partial charge >= 0.3 is 7.82 Å². The highest BCUT2D eigenvalue weighted by atomic mass is 31.2. The predicted molar refractivity (Wildman–Crippen MR) is 271 cm³/mol. The van der Waals surface area contributed by atoms with Crippen molar-refractivity contribution in [2.24, 2.45) is 0 Å². The van der Waals surface area contributed by atoms with Crippen LogP contribution in [0.1, 0.15) is 149 Å². The summed E-state index contributed by atoms with van der Waals surface area (Å²) in [5.41, 5.74) is 0. The zero-order chi connectivity index (χ0) is 46.4. The highest BCUT2D eigenvalue weighted by molar-refractivity contribution is 7.47. The second-order valence-electron chi connectivity index (χ2n) is 16.7. The third-order valence-electron chi connectivity index (χ3n) is 9.59. The molecule has 0 rings (SSSR count). The number of rotatable bonds is 41. The predicted octanol–water partition coefficient (Wildman–Crippen LogP) is 14.0. The largest absolute Gasteiger partial charge is 0.472 e. The maximum Gasteiger partial charge on any atom is 0.472 e. The van der Waals surface area contributed by atoms with Crippen LogP contribution in [-0.2, 0) is 18.4 Å². The Labute approximate surface area is 386 Å². The van der Waals surface area contributed by atoms with Crippen LogP contribution in [0, 0.1) is 0 Å². The quantitative estimate of drug-likeness (QED) is 0.0244. The average Bonchev–Trinajstić information content (AvgIpc) is 3.24. The molecule has 0 radical (unpaired) electrons. The second kappa shape index (κ2) is 43.9. The van der Waals surface area contributed by atoms with Crippen molar-refractivity contribution in [3.63, 3.8) is 0 Å². The SMILES string of the molecule is CC/C=C\C/C=C\C/C=C\C/C=C\C/C=C\C/C=C\C/C=C\C/C=C\CCCCCCCCC(=O)NC(COP(=O)(O)OCC[N+](C)(C)C)C(O)/C=C/CC/C=C/CC/C=C/CC. The van der Waals surface area contributed by atoms with Crippen LogP contribution in [0.4, 0.5) is 0 Å². The molecule has 0 aromatic rings. The fourth-order valence-corrected chi connectivity index (χ4v) is 6.59. The lowest BCUT2D eigenvalue weighted by Crippen LogP contribution is -2.45. The van der Waals surface area contributed by atoms with Crippen molar-refractivity contribution in [1.29, 1.82) is 0 Å². The van der Waals surface area contributed by atoms with Crippen molar-refractivity contribution in [2.75, 3.05) is 40.9 Å². The number of unbranched alkanes of at least 4 members (excludes halogenated alkanes) is 8. The molecule has 0 spiro atoms. The minimum Gasteiger partial charge on any atom is -0.387 e. The molecule has 0 aliphatic heterocycles. The van der Waals surface area contributed by atoms with Gasteiger partial charge in [0, 0.05) is 6.42 Å². The number of phosphoric acid groups is 1. The topological polar surface area (TPSA) is 105 Å². The molecule has 3 N–H and O–H groups in total. The Morgan fingerprint density at radius 3 is 1.40 bits per heavy atom. The number of nitrogens with zero attached hydrogens (tertiary/aromatic N) is 1. The molecule has 9 heteroatoms. The van der Waals surface area contributed by atoms with Crippen LogP contribution >= 0.6 is 7.82 Å². The number of amides is 1. The maximum absolute atomic E-state index is 12.9. The Bertz CT molecular complexity index is 1480. The normalized spacial score (nSPS) is 15.3.